The van der Waals surface area contributed by atoms with Crippen molar-refractivity contribution in [2.75, 3.05) is 32.1 Å². The average molecular weight is 372 g/mol. The standard InChI is InChI=1S/C15H15Cl2N3O4/c1-23-5-3-20(9-14(21)18-13-2-4-24-19-13)15(22)10-6-11(16)8-12(17)7-10/h2,4,6-8H,3,5,9H2,1H3,(H,18,19,21). The molecule has 24 heavy (non-hydrogen) atoms. The molecule has 0 unspecified atom stereocenters. The van der Waals surface area contributed by atoms with E-state index in [0.717, 1.165) is 0 Å². The summed E-state index contributed by atoms with van der Waals surface area (Å²) in [6.45, 7) is 0.322. The van der Waals surface area contributed by atoms with Gasteiger partial charge in [-0.15, -0.1) is 0 Å². The predicted molar refractivity (Wildman–Crippen MR) is 89.4 cm³/mol. The number of anilines is 1. The molecule has 1 aromatic carbocycles. The predicted octanol–water partition coefficient (Wildman–Crippen LogP) is 2.71. The van der Waals surface area contributed by atoms with Crippen LogP contribution in [0.1, 0.15) is 10.4 Å². The minimum atomic E-state index is -0.415. The first kappa shape index (κ1) is 18.3. The summed E-state index contributed by atoms with van der Waals surface area (Å²) in [5.74, 6) is -0.529. The molecule has 128 valence electrons. The Morgan fingerprint density at radius 2 is 2.00 bits per heavy atom. The molecule has 0 bridgehead atoms. The zero-order valence-electron chi connectivity index (χ0n) is 12.8. The van der Waals surface area contributed by atoms with Crippen molar-refractivity contribution >= 4 is 40.8 Å². The van der Waals surface area contributed by atoms with Gasteiger partial charge in [0.1, 0.15) is 12.8 Å². The molecule has 2 aromatic rings. The fourth-order valence-electron chi connectivity index (χ4n) is 1.95. The number of nitrogens with one attached hydrogen (secondary N) is 1. The summed E-state index contributed by atoms with van der Waals surface area (Å²) in [6.07, 6.45) is 1.33. The van der Waals surface area contributed by atoms with Crippen LogP contribution in [0.3, 0.4) is 0 Å². The molecule has 2 amide bonds. The molecule has 0 fully saturated rings. The number of nitrogens with zero attached hydrogens (tertiary/aromatic N) is 2. The molecule has 0 saturated heterocycles. The van der Waals surface area contributed by atoms with Crippen LogP contribution in [0.5, 0.6) is 0 Å². The van der Waals surface area contributed by atoms with E-state index >= 15 is 0 Å². The van der Waals surface area contributed by atoms with Gasteiger partial charge in [-0.3, -0.25) is 9.59 Å². The van der Waals surface area contributed by atoms with E-state index < -0.39 is 5.91 Å². The highest BCUT2D eigenvalue weighted by molar-refractivity contribution is 6.35. The molecule has 1 N–H and O–H groups in total. The van der Waals surface area contributed by atoms with Crippen LogP contribution in [-0.4, -0.2) is 48.7 Å². The maximum Gasteiger partial charge on any atom is 0.254 e. The van der Waals surface area contributed by atoms with Crippen molar-refractivity contribution in [3.05, 3.63) is 46.1 Å². The molecule has 0 aliphatic heterocycles. The monoisotopic (exact) mass is 371 g/mol. The lowest BCUT2D eigenvalue weighted by Crippen LogP contribution is -2.40. The van der Waals surface area contributed by atoms with Crippen LogP contribution in [-0.2, 0) is 9.53 Å². The number of ether oxygens (including phenoxy) is 1. The van der Waals surface area contributed by atoms with Crippen LogP contribution in [0.4, 0.5) is 5.82 Å². The first-order chi connectivity index (χ1) is 11.5. The number of amides is 2. The van der Waals surface area contributed by atoms with Gasteiger partial charge in [0.05, 0.1) is 6.61 Å². The molecule has 0 radical (unpaired) electrons. The number of hydrogen-bond acceptors (Lipinski definition) is 5. The number of rotatable bonds is 7. The summed E-state index contributed by atoms with van der Waals surface area (Å²) < 4.78 is 9.62. The van der Waals surface area contributed by atoms with Gasteiger partial charge in [-0.2, -0.15) is 0 Å². The normalized spacial score (nSPS) is 10.5. The number of hydrogen-bond donors (Lipinski definition) is 1. The number of methoxy groups -OCH3 is 1. The summed E-state index contributed by atoms with van der Waals surface area (Å²) in [5, 5.41) is 6.78. The molecular weight excluding hydrogens is 357 g/mol. The Labute approximate surface area is 148 Å². The minimum absolute atomic E-state index is 0.181. The molecule has 2 rings (SSSR count). The van der Waals surface area contributed by atoms with Gasteiger partial charge in [0.2, 0.25) is 5.91 Å². The fraction of sp³-hybridized carbons (Fsp3) is 0.267. The first-order valence-corrected chi connectivity index (χ1v) is 7.69. The highest BCUT2D eigenvalue weighted by atomic mass is 35.5. The van der Waals surface area contributed by atoms with Crippen LogP contribution < -0.4 is 5.32 Å². The van der Waals surface area contributed by atoms with E-state index in [1.807, 2.05) is 0 Å². The molecule has 7 nitrogen and oxygen atoms in total. The van der Waals surface area contributed by atoms with Gasteiger partial charge in [0.15, 0.2) is 5.82 Å². The molecule has 0 aliphatic rings. The van der Waals surface area contributed by atoms with Crippen LogP contribution >= 0.6 is 23.2 Å². The van der Waals surface area contributed by atoms with Crippen molar-refractivity contribution in [3.63, 3.8) is 0 Å². The molecule has 1 heterocycles. The Balaban J connectivity index is 2.11. The van der Waals surface area contributed by atoms with Crippen LogP contribution in [0.25, 0.3) is 0 Å². The quantitative estimate of drug-likeness (QED) is 0.808. The van der Waals surface area contributed by atoms with Gasteiger partial charge in [-0.25, -0.2) is 0 Å². The molecule has 0 atom stereocenters. The van der Waals surface area contributed by atoms with Gasteiger partial charge in [-0.05, 0) is 18.2 Å². The van der Waals surface area contributed by atoms with Gasteiger partial charge in [-0.1, -0.05) is 28.4 Å². The minimum Gasteiger partial charge on any atom is -0.383 e. The van der Waals surface area contributed by atoms with E-state index in [9.17, 15) is 9.59 Å². The second-order valence-electron chi connectivity index (χ2n) is 4.81. The number of aromatic nitrogens is 1. The Morgan fingerprint density at radius 1 is 1.29 bits per heavy atom. The van der Waals surface area contributed by atoms with Gasteiger partial charge >= 0.3 is 0 Å². The zero-order valence-corrected chi connectivity index (χ0v) is 14.3. The van der Waals surface area contributed by atoms with E-state index in [4.69, 9.17) is 27.9 Å². The average Bonchev–Trinajstić information content (AvgIpc) is 3.02. The maximum absolute atomic E-state index is 12.6. The number of benzene rings is 1. The van der Waals surface area contributed by atoms with Crippen molar-refractivity contribution < 1.29 is 18.8 Å². The third kappa shape index (κ3) is 5.23. The van der Waals surface area contributed by atoms with Gasteiger partial charge in [0.25, 0.3) is 5.91 Å². The summed E-state index contributed by atoms with van der Waals surface area (Å²) >= 11 is 11.9. The second kappa shape index (κ2) is 8.68. The molecule has 0 saturated carbocycles. The third-order valence-corrected chi connectivity index (χ3v) is 3.44. The lowest BCUT2D eigenvalue weighted by Gasteiger charge is -2.22. The van der Waals surface area contributed by atoms with Crippen LogP contribution in [0.15, 0.2) is 35.1 Å². The van der Waals surface area contributed by atoms with E-state index in [1.54, 1.807) is 0 Å². The van der Waals surface area contributed by atoms with Crippen LogP contribution in [0, 0.1) is 0 Å². The van der Waals surface area contributed by atoms with Crippen molar-refractivity contribution in [1.82, 2.24) is 10.1 Å². The molecule has 1 aromatic heterocycles. The smallest absolute Gasteiger partial charge is 0.254 e. The van der Waals surface area contributed by atoms with Gasteiger partial charge in [0, 0.05) is 35.3 Å². The summed E-state index contributed by atoms with van der Waals surface area (Å²) in [6, 6.07) is 6.00. The summed E-state index contributed by atoms with van der Waals surface area (Å²) in [5.41, 5.74) is 0.290. The third-order valence-electron chi connectivity index (χ3n) is 3.00. The number of carbonyl (C=O) groups excluding carboxylic acids is 2. The van der Waals surface area contributed by atoms with Crippen molar-refractivity contribution in [1.29, 1.82) is 0 Å². The lowest BCUT2D eigenvalue weighted by molar-refractivity contribution is -0.117. The zero-order chi connectivity index (χ0) is 17.5. The van der Waals surface area contributed by atoms with E-state index in [2.05, 4.69) is 15.0 Å². The number of halogens is 2. The van der Waals surface area contributed by atoms with E-state index in [0.29, 0.717) is 10.0 Å². The molecule has 9 heteroatoms. The van der Waals surface area contributed by atoms with E-state index in [1.165, 1.54) is 42.5 Å². The largest absolute Gasteiger partial charge is 0.383 e. The fourth-order valence-corrected chi connectivity index (χ4v) is 2.47. The van der Waals surface area contributed by atoms with Crippen LogP contribution in [0.2, 0.25) is 10.0 Å². The first-order valence-electron chi connectivity index (χ1n) is 6.94. The van der Waals surface area contributed by atoms with Crippen molar-refractivity contribution in [3.8, 4) is 0 Å². The molecule has 0 spiro atoms. The van der Waals surface area contributed by atoms with Crippen molar-refractivity contribution in [2.45, 2.75) is 0 Å². The highest BCUT2D eigenvalue weighted by Crippen LogP contribution is 2.20. The lowest BCUT2D eigenvalue weighted by atomic mass is 10.2. The summed E-state index contributed by atoms with van der Waals surface area (Å²) in [4.78, 5) is 26.0. The number of carbonyl (C=O) groups is 2. The molecule has 0 aliphatic carbocycles. The Kier molecular flexibility index (Phi) is 6.60. The topological polar surface area (TPSA) is 84.7 Å². The maximum atomic E-state index is 12.6. The van der Waals surface area contributed by atoms with E-state index in [-0.39, 0.29) is 37.0 Å². The van der Waals surface area contributed by atoms with Gasteiger partial charge < -0.3 is 19.5 Å². The molecular formula is C15H15Cl2N3O4. The summed E-state index contributed by atoms with van der Waals surface area (Å²) in [7, 11) is 1.51. The Hall–Kier alpha value is -2.09. The SMILES string of the molecule is COCCN(CC(=O)Nc1ccon1)C(=O)c1cc(Cl)cc(Cl)c1. The van der Waals surface area contributed by atoms with Crippen molar-refractivity contribution in [2.24, 2.45) is 0 Å². The Morgan fingerprint density at radius 3 is 2.58 bits per heavy atom. The highest BCUT2D eigenvalue weighted by Gasteiger charge is 2.20. The Bertz CT molecular complexity index is 686. The second-order valence-corrected chi connectivity index (χ2v) is 5.68.